The van der Waals surface area contributed by atoms with Gasteiger partial charge in [-0.1, -0.05) is 30.3 Å². The van der Waals surface area contributed by atoms with E-state index in [2.05, 4.69) is 63.9 Å². The third-order valence-electron chi connectivity index (χ3n) is 4.10. The molecule has 1 heterocycles. The highest BCUT2D eigenvalue weighted by Gasteiger charge is 2.30. The molecule has 1 unspecified atom stereocenters. The minimum atomic E-state index is 0.156. The second-order valence-corrected chi connectivity index (χ2v) is 6.18. The molecule has 108 valence electrons. The van der Waals surface area contributed by atoms with E-state index < -0.39 is 0 Å². The molecule has 1 aliphatic rings. The molecular formula is C17H18BrN3. The Morgan fingerprint density at radius 3 is 2.67 bits per heavy atom. The average Bonchev–Trinajstić information content (AvgIpc) is 2.84. The van der Waals surface area contributed by atoms with Gasteiger partial charge in [0.15, 0.2) is 5.96 Å². The Morgan fingerprint density at radius 2 is 1.90 bits per heavy atom. The zero-order valence-electron chi connectivity index (χ0n) is 12.2. The van der Waals surface area contributed by atoms with Crippen molar-refractivity contribution >= 4 is 27.6 Å². The topological polar surface area (TPSA) is 41.6 Å². The third kappa shape index (κ3) is 2.44. The molecule has 2 N–H and O–H groups in total. The number of hydrogen-bond acceptors (Lipinski definition) is 3. The zero-order valence-corrected chi connectivity index (χ0v) is 13.8. The number of aryl methyl sites for hydroxylation is 1. The summed E-state index contributed by atoms with van der Waals surface area (Å²) in [6.07, 6.45) is 0. The summed E-state index contributed by atoms with van der Waals surface area (Å²) in [4.78, 5) is 6.58. The van der Waals surface area contributed by atoms with E-state index in [0.717, 1.165) is 10.2 Å². The zero-order chi connectivity index (χ0) is 15.0. The summed E-state index contributed by atoms with van der Waals surface area (Å²) in [7, 11) is 0. The lowest BCUT2D eigenvalue weighted by Crippen LogP contribution is -2.36. The highest BCUT2D eigenvalue weighted by molar-refractivity contribution is 9.10. The maximum atomic E-state index is 6.15. The number of anilines is 1. The van der Waals surface area contributed by atoms with Crippen molar-refractivity contribution in [2.24, 2.45) is 10.7 Å². The Kier molecular flexibility index (Phi) is 3.72. The molecular weight excluding hydrogens is 326 g/mol. The molecule has 0 spiro atoms. The standard InChI is InChI=1S/C17H18BrN3/c1-11-6-5-7-13(12(11)2)16-10-20-17(19)21(16)15-9-4-3-8-14(15)18/h3-9,16H,10H2,1-2H3,(H2,19,20). The van der Waals surface area contributed by atoms with Gasteiger partial charge >= 0.3 is 0 Å². The maximum absolute atomic E-state index is 6.15. The van der Waals surface area contributed by atoms with Crippen LogP contribution in [0.4, 0.5) is 5.69 Å². The Balaban J connectivity index is 2.08. The van der Waals surface area contributed by atoms with Crippen molar-refractivity contribution in [2.45, 2.75) is 19.9 Å². The van der Waals surface area contributed by atoms with Crippen molar-refractivity contribution in [3.05, 3.63) is 63.6 Å². The molecule has 4 heteroatoms. The van der Waals surface area contributed by atoms with Crippen molar-refractivity contribution in [2.75, 3.05) is 11.4 Å². The monoisotopic (exact) mass is 343 g/mol. The van der Waals surface area contributed by atoms with Gasteiger partial charge in [0.2, 0.25) is 0 Å². The van der Waals surface area contributed by atoms with Crippen molar-refractivity contribution in [3.8, 4) is 0 Å². The van der Waals surface area contributed by atoms with Gasteiger partial charge in [0, 0.05) is 4.47 Å². The molecule has 1 aliphatic heterocycles. The fraction of sp³-hybridized carbons (Fsp3) is 0.235. The number of rotatable bonds is 2. The van der Waals surface area contributed by atoms with Crippen LogP contribution >= 0.6 is 15.9 Å². The van der Waals surface area contributed by atoms with Crippen LogP contribution < -0.4 is 10.6 Å². The third-order valence-corrected chi connectivity index (χ3v) is 4.77. The van der Waals surface area contributed by atoms with Gasteiger partial charge in [-0.05, 0) is 58.6 Å². The lowest BCUT2D eigenvalue weighted by Gasteiger charge is -2.29. The van der Waals surface area contributed by atoms with Gasteiger partial charge < -0.3 is 10.6 Å². The normalized spacial score (nSPS) is 18.0. The number of hydrogen-bond donors (Lipinski definition) is 1. The Morgan fingerprint density at radius 1 is 1.14 bits per heavy atom. The molecule has 3 nitrogen and oxygen atoms in total. The molecule has 0 bridgehead atoms. The molecule has 2 aromatic carbocycles. The van der Waals surface area contributed by atoms with E-state index in [9.17, 15) is 0 Å². The summed E-state index contributed by atoms with van der Waals surface area (Å²) in [6.45, 7) is 5.00. The van der Waals surface area contributed by atoms with Crippen LogP contribution in [0.1, 0.15) is 22.7 Å². The first-order chi connectivity index (χ1) is 10.1. The molecule has 0 amide bonds. The average molecular weight is 344 g/mol. The second-order valence-electron chi connectivity index (χ2n) is 5.33. The van der Waals surface area contributed by atoms with Crippen LogP contribution in [0, 0.1) is 13.8 Å². The minimum absolute atomic E-state index is 0.156. The lowest BCUT2D eigenvalue weighted by atomic mass is 9.96. The summed E-state index contributed by atoms with van der Waals surface area (Å²) in [5.74, 6) is 0.577. The molecule has 0 fully saturated rings. The number of guanidine groups is 1. The molecule has 0 saturated heterocycles. The Labute approximate surface area is 133 Å². The molecule has 0 aromatic heterocycles. The fourth-order valence-corrected chi connectivity index (χ4v) is 3.28. The van der Waals surface area contributed by atoms with Gasteiger partial charge in [0.1, 0.15) is 0 Å². The minimum Gasteiger partial charge on any atom is -0.369 e. The van der Waals surface area contributed by atoms with Crippen molar-refractivity contribution in [1.29, 1.82) is 0 Å². The van der Waals surface area contributed by atoms with Gasteiger partial charge in [-0.25, -0.2) is 0 Å². The van der Waals surface area contributed by atoms with Crippen molar-refractivity contribution in [3.63, 3.8) is 0 Å². The van der Waals surface area contributed by atoms with Gasteiger partial charge in [0.25, 0.3) is 0 Å². The fourth-order valence-electron chi connectivity index (χ4n) is 2.81. The van der Waals surface area contributed by atoms with Crippen molar-refractivity contribution < 1.29 is 0 Å². The largest absolute Gasteiger partial charge is 0.369 e. The van der Waals surface area contributed by atoms with E-state index in [1.165, 1.54) is 16.7 Å². The quantitative estimate of drug-likeness (QED) is 0.897. The van der Waals surface area contributed by atoms with Crippen molar-refractivity contribution in [1.82, 2.24) is 0 Å². The highest BCUT2D eigenvalue weighted by Crippen LogP contribution is 2.36. The number of para-hydroxylation sites is 1. The van der Waals surface area contributed by atoms with Crippen LogP contribution in [-0.2, 0) is 0 Å². The number of nitrogens with zero attached hydrogens (tertiary/aromatic N) is 2. The van der Waals surface area contributed by atoms with Crippen LogP contribution in [0.5, 0.6) is 0 Å². The molecule has 3 rings (SSSR count). The van der Waals surface area contributed by atoms with Gasteiger partial charge in [0.05, 0.1) is 18.3 Å². The number of halogens is 1. The molecule has 1 atom stereocenters. The second kappa shape index (κ2) is 5.53. The van der Waals surface area contributed by atoms with Crippen LogP contribution in [0.25, 0.3) is 0 Å². The van der Waals surface area contributed by atoms with E-state index in [4.69, 9.17) is 5.73 Å². The summed E-state index contributed by atoms with van der Waals surface area (Å²) in [5.41, 5.74) is 11.1. The summed E-state index contributed by atoms with van der Waals surface area (Å²) in [6, 6.07) is 14.7. The lowest BCUT2D eigenvalue weighted by molar-refractivity contribution is 0.760. The van der Waals surface area contributed by atoms with E-state index in [1.807, 2.05) is 18.2 Å². The SMILES string of the molecule is Cc1cccc(C2CN=C(N)N2c2ccccc2Br)c1C. The predicted octanol–water partition coefficient (Wildman–Crippen LogP) is 3.94. The summed E-state index contributed by atoms with van der Waals surface area (Å²) >= 11 is 3.61. The summed E-state index contributed by atoms with van der Waals surface area (Å²) in [5, 5.41) is 0. The van der Waals surface area contributed by atoms with Crippen LogP contribution in [0.15, 0.2) is 51.9 Å². The van der Waals surface area contributed by atoms with Crippen LogP contribution in [0.3, 0.4) is 0 Å². The summed E-state index contributed by atoms with van der Waals surface area (Å²) < 4.78 is 1.03. The number of aliphatic imine (C=N–C) groups is 1. The van der Waals surface area contributed by atoms with E-state index >= 15 is 0 Å². The molecule has 0 radical (unpaired) electrons. The highest BCUT2D eigenvalue weighted by atomic mass is 79.9. The van der Waals surface area contributed by atoms with Crippen LogP contribution in [-0.4, -0.2) is 12.5 Å². The van der Waals surface area contributed by atoms with Gasteiger partial charge in [-0.15, -0.1) is 0 Å². The van der Waals surface area contributed by atoms with E-state index in [0.29, 0.717) is 12.5 Å². The first-order valence-corrected chi connectivity index (χ1v) is 7.78. The number of benzene rings is 2. The molecule has 0 saturated carbocycles. The Bertz CT molecular complexity index is 709. The molecule has 21 heavy (non-hydrogen) atoms. The van der Waals surface area contributed by atoms with E-state index in [-0.39, 0.29) is 6.04 Å². The smallest absolute Gasteiger partial charge is 0.196 e. The first kappa shape index (κ1) is 14.1. The maximum Gasteiger partial charge on any atom is 0.196 e. The van der Waals surface area contributed by atoms with Gasteiger partial charge in [-0.3, -0.25) is 4.99 Å². The molecule has 0 aliphatic carbocycles. The number of nitrogens with two attached hydrogens (primary N) is 1. The Hall–Kier alpha value is -1.81. The predicted molar refractivity (Wildman–Crippen MR) is 91.8 cm³/mol. The first-order valence-electron chi connectivity index (χ1n) is 6.99. The van der Waals surface area contributed by atoms with Gasteiger partial charge in [-0.2, -0.15) is 0 Å². The van der Waals surface area contributed by atoms with E-state index in [1.54, 1.807) is 0 Å². The molecule has 2 aromatic rings. The van der Waals surface area contributed by atoms with Crippen LogP contribution in [0.2, 0.25) is 0 Å².